The van der Waals surface area contributed by atoms with E-state index in [4.69, 9.17) is 16.3 Å². The first-order valence-electron chi connectivity index (χ1n) is 9.76. The summed E-state index contributed by atoms with van der Waals surface area (Å²) in [5.41, 5.74) is 0. The Hall–Kier alpha value is -1.88. The van der Waals surface area contributed by atoms with E-state index in [2.05, 4.69) is 21.9 Å². The lowest BCUT2D eigenvalue weighted by Gasteiger charge is -2.47. The molecule has 0 spiro atoms. The van der Waals surface area contributed by atoms with Crippen molar-refractivity contribution in [3.63, 3.8) is 0 Å². The fraction of sp³-hybridized carbons (Fsp3) is 0.571. The molecule has 3 aliphatic carbocycles. The highest BCUT2D eigenvalue weighted by Gasteiger charge is 2.47. The van der Waals surface area contributed by atoms with Gasteiger partial charge in [-0.2, -0.15) is 0 Å². The van der Waals surface area contributed by atoms with Crippen molar-refractivity contribution in [2.75, 3.05) is 12.4 Å². The first-order chi connectivity index (χ1) is 13.1. The van der Waals surface area contributed by atoms with Gasteiger partial charge in [0.25, 0.3) is 0 Å². The average molecular weight is 392 g/mol. The summed E-state index contributed by atoms with van der Waals surface area (Å²) in [6.07, 6.45) is 9.87. The quantitative estimate of drug-likeness (QED) is 0.630. The number of halogens is 1. The van der Waals surface area contributed by atoms with Gasteiger partial charge in [-0.15, -0.1) is 0 Å². The molecule has 1 aromatic rings. The first kappa shape index (κ1) is 21.4. The largest absolute Gasteiger partial charge is 0.469 e. The number of anilines is 1. The highest BCUT2D eigenvalue weighted by atomic mass is 35.5. The second-order valence-corrected chi connectivity index (χ2v) is 7.06. The van der Waals surface area contributed by atoms with E-state index >= 15 is 0 Å². The number of hydrogen-bond donors (Lipinski definition) is 1. The molecule has 6 heteroatoms. The summed E-state index contributed by atoms with van der Waals surface area (Å²) >= 11 is 6.12. The summed E-state index contributed by atoms with van der Waals surface area (Å²) in [4.78, 5) is 21.1. The molecule has 5 nitrogen and oxygen atoms in total. The van der Waals surface area contributed by atoms with Gasteiger partial charge in [-0.1, -0.05) is 32.6 Å². The van der Waals surface area contributed by atoms with Crippen molar-refractivity contribution in [2.45, 2.75) is 52.5 Å². The molecule has 1 aromatic heterocycles. The van der Waals surface area contributed by atoms with Crippen molar-refractivity contribution in [3.05, 3.63) is 28.5 Å². The summed E-state index contributed by atoms with van der Waals surface area (Å²) in [6, 6.07) is 0.0150. The molecule has 0 aliphatic heterocycles. The van der Waals surface area contributed by atoms with Crippen molar-refractivity contribution in [2.24, 2.45) is 17.8 Å². The van der Waals surface area contributed by atoms with Crippen LogP contribution in [0, 0.1) is 17.8 Å². The molecule has 3 saturated carbocycles. The predicted octanol–water partition coefficient (Wildman–Crippen LogP) is 3.31. The molecule has 0 aromatic carbocycles. The Balaban J connectivity index is 0.00000126. The summed E-state index contributed by atoms with van der Waals surface area (Å²) in [5, 5.41) is 5.28. The van der Waals surface area contributed by atoms with Crippen molar-refractivity contribution >= 4 is 35.5 Å². The minimum atomic E-state index is -0.136. The second kappa shape index (κ2) is 9.88. The van der Waals surface area contributed by atoms with E-state index in [1.54, 1.807) is 12.2 Å². The van der Waals surface area contributed by atoms with Crippen LogP contribution in [0.5, 0.6) is 0 Å². The average Bonchev–Trinajstić information content (AvgIpc) is 2.70. The number of nitrogens with one attached hydrogen (secondary N) is 1. The zero-order valence-corrected chi connectivity index (χ0v) is 17.4. The van der Waals surface area contributed by atoms with Gasteiger partial charge in [0.05, 0.1) is 18.4 Å². The maximum Gasteiger partial charge on any atom is 0.311 e. The molecule has 0 amide bonds. The van der Waals surface area contributed by atoms with Crippen LogP contribution in [0.25, 0.3) is 12.2 Å². The van der Waals surface area contributed by atoms with E-state index in [1.807, 2.05) is 26.8 Å². The van der Waals surface area contributed by atoms with Crippen LogP contribution in [-0.2, 0) is 9.53 Å². The molecule has 0 saturated heterocycles. The van der Waals surface area contributed by atoms with E-state index in [9.17, 15) is 4.79 Å². The number of fused-ring (bicyclic) bond motifs is 3. The number of carbonyl (C=O) groups is 1. The molecule has 3 aliphatic rings. The van der Waals surface area contributed by atoms with E-state index < -0.39 is 0 Å². The minimum Gasteiger partial charge on any atom is -0.469 e. The lowest BCUT2D eigenvalue weighted by Crippen LogP contribution is -2.52. The van der Waals surface area contributed by atoms with E-state index in [0.717, 1.165) is 36.3 Å². The first-order valence-corrected chi connectivity index (χ1v) is 10.1. The number of nitrogens with zero attached hydrogens (tertiary/aromatic N) is 2. The summed E-state index contributed by atoms with van der Waals surface area (Å²) < 4.78 is 5.09. The van der Waals surface area contributed by atoms with Gasteiger partial charge in [-0.3, -0.25) is 4.79 Å². The monoisotopic (exact) mass is 391 g/mol. The Bertz CT molecular complexity index is 785. The van der Waals surface area contributed by atoms with Crippen LogP contribution in [0.1, 0.15) is 46.5 Å². The van der Waals surface area contributed by atoms with Crippen LogP contribution >= 0.6 is 11.6 Å². The van der Waals surface area contributed by atoms with Crippen molar-refractivity contribution in [3.8, 4) is 0 Å². The van der Waals surface area contributed by atoms with Crippen LogP contribution in [-0.4, -0.2) is 29.1 Å². The highest BCUT2D eigenvalue weighted by molar-refractivity contribution is 6.28. The van der Waals surface area contributed by atoms with Crippen molar-refractivity contribution in [1.82, 2.24) is 9.97 Å². The third-order valence-electron chi connectivity index (χ3n) is 5.51. The number of hydrogen-bond acceptors (Lipinski definition) is 5. The number of aromatic nitrogens is 2. The number of ether oxygens (including phenoxy) is 1. The molecule has 27 heavy (non-hydrogen) atoms. The maximum atomic E-state index is 12.4. The smallest absolute Gasteiger partial charge is 0.311 e. The number of rotatable bonds is 4. The fourth-order valence-electron chi connectivity index (χ4n) is 4.38. The number of allylic oxidation sites excluding steroid dienone is 1. The zero-order chi connectivity index (χ0) is 20.0. The van der Waals surface area contributed by atoms with Gasteiger partial charge in [0, 0.05) is 11.3 Å². The van der Waals surface area contributed by atoms with Gasteiger partial charge in [0.1, 0.15) is 5.82 Å². The zero-order valence-electron chi connectivity index (χ0n) is 16.7. The Labute approximate surface area is 166 Å². The van der Waals surface area contributed by atoms with Gasteiger partial charge in [-0.25, -0.2) is 9.97 Å². The van der Waals surface area contributed by atoms with E-state index in [-0.39, 0.29) is 23.2 Å². The van der Waals surface area contributed by atoms with Crippen LogP contribution < -0.4 is 15.9 Å². The van der Waals surface area contributed by atoms with Crippen LogP contribution in [0.3, 0.4) is 0 Å². The summed E-state index contributed by atoms with van der Waals surface area (Å²) in [5.74, 6) is 1.22. The second-order valence-electron chi connectivity index (χ2n) is 6.73. The minimum absolute atomic E-state index is 0.0150. The molecule has 3 fully saturated rings. The predicted molar refractivity (Wildman–Crippen MR) is 111 cm³/mol. The molecule has 4 rings (SSSR count). The molecule has 148 valence electrons. The Morgan fingerprint density at radius 3 is 2.41 bits per heavy atom. The number of methoxy groups -OCH3 is 1. The maximum absolute atomic E-state index is 12.4. The standard InChI is InChI=1S/C19H24ClN3O2.C2H6/c1-4-6-14-13(5-2)17(23-19(20)21-14)22-16-12-9-7-11(8-10-12)15(16)18(24)25-3;1-2/h4-6,11-12,15-16H,1,7-10H2,2-3H3,(H,21,22,23);1-2H3/b13-5+,14-6+;. The highest BCUT2D eigenvalue weighted by Crippen LogP contribution is 2.46. The van der Waals surface area contributed by atoms with Crippen LogP contribution in [0.2, 0.25) is 5.28 Å². The molecule has 1 N–H and O–H groups in total. The number of carbonyl (C=O) groups excluding carboxylic acids is 1. The van der Waals surface area contributed by atoms with E-state index in [0.29, 0.717) is 17.7 Å². The molecule has 2 atom stereocenters. The fourth-order valence-corrected chi connectivity index (χ4v) is 4.56. The van der Waals surface area contributed by atoms with Crippen LogP contribution in [0.15, 0.2) is 12.7 Å². The topological polar surface area (TPSA) is 64.1 Å². The third kappa shape index (κ3) is 4.52. The normalized spacial score (nSPS) is 27.6. The molecule has 2 unspecified atom stereocenters. The molecular formula is C21H30ClN3O2. The SMILES string of the molecule is C=C/C=c1/nc(Cl)nc(NC2C3CCC(CC3)C2C(=O)OC)/c1=C/C.CC. The van der Waals surface area contributed by atoms with E-state index in [1.165, 1.54) is 7.11 Å². The molecule has 0 radical (unpaired) electrons. The lowest BCUT2D eigenvalue weighted by atomic mass is 9.61. The van der Waals surface area contributed by atoms with Gasteiger partial charge >= 0.3 is 5.97 Å². The number of esters is 1. The van der Waals surface area contributed by atoms with Gasteiger partial charge < -0.3 is 10.1 Å². The van der Waals surface area contributed by atoms with Crippen LogP contribution in [0.4, 0.5) is 5.82 Å². The Kier molecular flexibility index (Phi) is 7.84. The van der Waals surface area contributed by atoms with Gasteiger partial charge in [0.15, 0.2) is 0 Å². The van der Waals surface area contributed by atoms with Gasteiger partial charge in [0.2, 0.25) is 5.28 Å². The summed E-state index contributed by atoms with van der Waals surface area (Å²) in [7, 11) is 1.46. The van der Waals surface area contributed by atoms with Crippen molar-refractivity contribution < 1.29 is 9.53 Å². The Morgan fingerprint density at radius 2 is 1.85 bits per heavy atom. The molecular weight excluding hydrogens is 362 g/mol. The summed E-state index contributed by atoms with van der Waals surface area (Å²) in [6.45, 7) is 9.66. The third-order valence-corrected chi connectivity index (χ3v) is 5.68. The van der Waals surface area contributed by atoms with Gasteiger partial charge in [-0.05, 0) is 62.1 Å². The van der Waals surface area contributed by atoms with Crippen molar-refractivity contribution in [1.29, 1.82) is 0 Å². The Morgan fingerprint density at radius 1 is 1.22 bits per heavy atom. The molecule has 2 bridgehead atoms. The molecule has 1 heterocycles. The lowest BCUT2D eigenvalue weighted by molar-refractivity contribution is -0.152.